The molecular formula is C15H24N4. The molecule has 4 heteroatoms. The summed E-state index contributed by atoms with van der Waals surface area (Å²) in [5.74, 6) is 0. The number of anilines is 2. The van der Waals surface area contributed by atoms with Crippen LogP contribution >= 0.6 is 0 Å². The van der Waals surface area contributed by atoms with Crippen molar-refractivity contribution >= 4 is 11.4 Å². The van der Waals surface area contributed by atoms with Gasteiger partial charge in [-0.25, -0.2) is 0 Å². The van der Waals surface area contributed by atoms with E-state index in [9.17, 15) is 0 Å². The van der Waals surface area contributed by atoms with Crippen molar-refractivity contribution in [2.45, 2.75) is 32.7 Å². The fourth-order valence-electron chi connectivity index (χ4n) is 1.78. The zero-order valence-corrected chi connectivity index (χ0v) is 12.1. The van der Waals surface area contributed by atoms with Crippen LogP contribution in [0, 0.1) is 11.3 Å². The van der Waals surface area contributed by atoms with Crippen LogP contribution < -0.4 is 11.1 Å². The Balaban J connectivity index is 2.32. The van der Waals surface area contributed by atoms with Crippen LogP contribution in [0.15, 0.2) is 18.2 Å². The Kier molecular flexibility index (Phi) is 6.17. The van der Waals surface area contributed by atoms with Crippen molar-refractivity contribution in [3.63, 3.8) is 0 Å². The second-order valence-electron chi connectivity index (χ2n) is 5.13. The summed E-state index contributed by atoms with van der Waals surface area (Å²) < 4.78 is 0. The normalized spacial score (nSPS) is 10.7. The Hall–Kier alpha value is -1.73. The molecule has 104 valence electrons. The van der Waals surface area contributed by atoms with E-state index in [1.165, 1.54) is 0 Å². The van der Waals surface area contributed by atoms with Gasteiger partial charge in [0.2, 0.25) is 0 Å². The highest BCUT2D eigenvalue weighted by Gasteiger charge is 2.03. The van der Waals surface area contributed by atoms with E-state index in [1.54, 1.807) is 6.07 Å². The monoisotopic (exact) mass is 260 g/mol. The van der Waals surface area contributed by atoms with Gasteiger partial charge in [0.25, 0.3) is 0 Å². The summed E-state index contributed by atoms with van der Waals surface area (Å²) in [6, 6.07) is 8.14. The molecule has 1 rings (SSSR count). The lowest BCUT2D eigenvalue weighted by atomic mass is 10.1. The van der Waals surface area contributed by atoms with E-state index in [0.717, 1.165) is 31.6 Å². The van der Waals surface area contributed by atoms with Gasteiger partial charge >= 0.3 is 0 Å². The summed E-state index contributed by atoms with van der Waals surface area (Å²) in [4.78, 5) is 2.34. The summed E-state index contributed by atoms with van der Waals surface area (Å²) in [7, 11) is 2.14. The molecule has 0 fully saturated rings. The molecule has 0 spiro atoms. The van der Waals surface area contributed by atoms with Gasteiger partial charge < -0.3 is 16.0 Å². The number of nitrogens with zero attached hydrogens (tertiary/aromatic N) is 2. The molecule has 3 N–H and O–H groups in total. The average Bonchev–Trinajstić information content (AvgIpc) is 2.39. The van der Waals surface area contributed by atoms with Crippen molar-refractivity contribution in [1.82, 2.24) is 4.90 Å². The molecule has 0 aromatic heterocycles. The van der Waals surface area contributed by atoms with Gasteiger partial charge in [0.1, 0.15) is 6.07 Å². The number of nitrogens with one attached hydrogen (secondary N) is 1. The van der Waals surface area contributed by atoms with E-state index < -0.39 is 0 Å². The maximum Gasteiger partial charge on any atom is 0.101 e. The molecule has 1 aromatic rings. The van der Waals surface area contributed by atoms with Gasteiger partial charge in [0, 0.05) is 18.3 Å². The number of hydrogen-bond acceptors (Lipinski definition) is 4. The zero-order chi connectivity index (χ0) is 14.3. The molecule has 0 saturated heterocycles. The van der Waals surface area contributed by atoms with E-state index in [2.05, 4.69) is 37.2 Å². The van der Waals surface area contributed by atoms with Crippen LogP contribution in [0.2, 0.25) is 0 Å². The van der Waals surface area contributed by atoms with Crippen molar-refractivity contribution in [1.29, 1.82) is 5.26 Å². The summed E-state index contributed by atoms with van der Waals surface area (Å²) in [5.41, 5.74) is 7.76. The summed E-state index contributed by atoms with van der Waals surface area (Å²) >= 11 is 0. The first-order valence-corrected chi connectivity index (χ1v) is 6.78. The van der Waals surface area contributed by atoms with Crippen LogP contribution in [-0.4, -0.2) is 31.1 Å². The molecular weight excluding hydrogens is 236 g/mol. The third-order valence-corrected chi connectivity index (χ3v) is 3.30. The largest absolute Gasteiger partial charge is 0.399 e. The van der Waals surface area contributed by atoms with Crippen LogP contribution in [-0.2, 0) is 0 Å². The highest BCUT2D eigenvalue weighted by Crippen LogP contribution is 2.17. The lowest BCUT2D eigenvalue weighted by molar-refractivity contribution is 0.269. The van der Waals surface area contributed by atoms with E-state index in [1.807, 2.05) is 12.1 Å². The van der Waals surface area contributed by atoms with E-state index >= 15 is 0 Å². The molecule has 0 amide bonds. The Morgan fingerprint density at radius 2 is 2.11 bits per heavy atom. The van der Waals surface area contributed by atoms with Gasteiger partial charge in [0.05, 0.1) is 11.3 Å². The van der Waals surface area contributed by atoms with Crippen molar-refractivity contribution in [3.8, 4) is 6.07 Å². The fraction of sp³-hybridized carbons (Fsp3) is 0.533. The Morgan fingerprint density at radius 3 is 2.74 bits per heavy atom. The first kappa shape index (κ1) is 15.3. The van der Waals surface area contributed by atoms with Gasteiger partial charge in [-0.1, -0.05) is 0 Å². The molecule has 0 aliphatic heterocycles. The molecule has 0 bridgehead atoms. The molecule has 0 aliphatic rings. The number of benzene rings is 1. The number of nitriles is 1. The molecule has 0 saturated carbocycles. The van der Waals surface area contributed by atoms with Crippen molar-refractivity contribution in [2.75, 3.05) is 31.2 Å². The topological polar surface area (TPSA) is 65.1 Å². The fourth-order valence-corrected chi connectivity index (χ4v) is 1.78. The van der Waals surface area contributed by atoms with Crippen molar-refractivity contribution in [2.24, 2.45) is 0 Å². The average molecular weight is 260 g/mol. The van der Waals surface area contributed by atoms with Gasteiger partial charge in [-0.15, -0.1) is 0 Å². The number of nitrogens with two attached hydrogens (primary N) is 1. The van der Waals surface area contributed by atoms with Crippen molar-refractivity contribution in [3.05, 3.63) is 23.8 Å². The number of rotatable bonds is 7. The van der Waals surface area contributed by atoms with Gasteiger partial charge in [-0.3, -0.25) is 0 Å². The van der Waals surface area contributed by atoms with Crippen LogP contribution in [0.3, 0.4) is 0 Å². The number of hydrogen-bond donors (Lipinski definition) is 2. The molecule has 0 heterocycles. The van der Waals surface area contributed by atoms with E-state index in [4.69, 9.17) is 11.0 Å². The molecule has 0 aliphatic carbocycles. The third-order valence-electron chi connectivity index (χ3n) is 3.30. The molecule has 0 unspecified atom stereocenters. The quantitative estimate of drug-likeness (QED) is 0.584. The predicted molar refractivity (Wildman–Crippen MR) is 81.1 cm³/mol. The Morgan fingerprint density at radius 1 is 1.37 bits per heavy atom. The minimum absolute atomic E-state index is 0.593. The van der Waals surface area contributed by atoms with Crippen LogP contribution in [0.5, 0.6) is 0 Å². The van der Waals surface area contributed by atoms with Gasteiger partial charge in [-0.05, 0) is 58.5 Å². The standard InChI is InChI=1S/C15H24N4/c1-12(2)19(3)9-5-4-8-18-15-7-6-14(17)10-13(15)11-16/h6-7,10,12,18H,4-5,8-9,17H2,1-3H3. The lowest BCUT2D eigenvalue weighted by Gasteiger charge is -2.20. The minimum Gasteiger partial charge on any atom is -0.399 e. The summed E-state index contributed by atoms with van der Waals surface area (Å²) in [6.45, 7) is 6.38. The summed E-state index contributed by atoms with van der Waals surface area (Å²) in [5, 5.41) is 12.3. The zero-order valence-electron chi connectivity index (χ0n) is 12.1. The molecule has 19 heavy (non-hydrogen) atoms. The molecule has 1 aromatic carbocycles. The molecule has 0 radical (unpaired) electrons. The van der Waals surface area contributed by atoms with Crippen LogP contribution in [0.1, 0.15) is 32.3 Å². The first-order chi connectivity index (χ1) is 9.04. The number of nitrogen functional groups attached to an aromatic ring is 1. The van der Waals surface area contributed by atoms with Gasteiger partial charge in [0.15, 0.2) is 0 Å². The minimum atomic E-state index is 0.593. The second kappa shape index (κ2) is 7.65. The molecule has 4 nitrogen and oxygen atoms in total. The smallest absolute Gasteiger partial charge is 0.101 e. The summed E-state index contributed by atoms with van der Waals surface area (Å²) in [6.07, 6.45) is 2.24. The highest BCUT2D eigenvalue weighted by molar-refractivity contribution is 5.62. The third kappa shape index (κ3) is 5.19. The van der Waals surface area contributed by atoms with E-state index in [-0.39, 0.29) is 0 Å². The maximum atomic E-state index is 9.03. The Bertz CT molecular complexity index is 434. The first-order valence-electron chi connectivity index (χ1n) is 6.78. The van der Waals surface area contributed by atoms with Crippen LogP contribution in [0.25, 0.3) is 0 Å². The highest BCUT2D eigenvalue weighted by atomic mass is 15.1. The maximum absolute atomic E-state index is 9.03. The molecule has 0 atom stereocenters. The van der Waals surface area contributed by atoms with Crippen LogP contribution in [0.4, 0.5) is 11.4 Å². The Labute approximate surface area is 116 Å². The number of unbranched alkanes of at least 4 members (excludes halogenated alkanes) is 1. The lowest BCUT2D eigenvalue weighted by Crippen LogP contribution is -2.27. The van der Waals surface area contributed by atoms with E-state index in [0.29, 0.717) is 17.3 Å². The van der Waals surface area contributed by atoms with Crippen molar-refractivity contribution < 1.29 is 0 Å². The predicted octanol–water partition coefficient (Wildman–Crippen LogP) is 2.67. The SMILES string of the molecule is CC(C)N(C)CCCCNc1ccc(N)cc1C#N. The second-order valence-corrected chi connectivity index (χ2v) is 5.13. The van der Waals surface area contributed by atoms with Gasteiger partial charge in [-0.2, -0.15) is 5.26 Å².